The first-order valence-corrected chi connectivity index (χ1v) is 9.92. The molecule has 33 heavy (non-hydrogen) atoms. The molecule has 1 aliphatic heterocycles. The van der Waals surface area contributed by atoms with Gasteiger partial charge in [0.1, 0.15) is 11.6 Å². The number of carbonyl (C=O) groups is 1. The topological polar surface area (TPSA) is 72.6 Å². The van der Waals surface area contributed by atoms with Crippen molar-refractivity contribution in [3.05, 3.63) is 77.4 Å². The highest BCUT2D eigenvalue weighted by Gasteiger charge is 2.32. The van der Waals surface area contributed by atoms with Crippen LogP contribution in [-0.4, -0.2) is 43.5 Å². The predicted molar refractivity (Wildman–Crippen MR) is 108 cm³/mol. The van der Waals surface area contributed by atoms with Crippen LogP contribution in [-0.2, 0) is 13.0 Å². The van der Waals surface area contributed by atoms with Crippen molar-refractivity contribution >= 4 is 11.4 Å². The standard InChI is InChI=1S/C22H15F4N5O2/c23-17-6-4-15(33-22(24,25)26)10-13(17)12-30-9-8-18-16(21(30)32)5-7-19(28-18)20-3-1-2-14-11-27-29-31(14)20/h1-7,10-11H,8-9,12H2. The number of fused-ring (bicyclic) bond motifs is 2. The van der Waals surface area contributed by atoms with Gasteiger partial charge in [-0.25, -0.2) is 8.91 Å². The molecule has 0 N–H and O–H groups in total. The Kier molecular flexibility index (Phi) is 4.95. The second kappa shape index (κ2) is 7.84. The third-order valence-corrected chi connectivity index (χ3v) is 5.31. The molecule has 1 aromatic carbocycles. The van der Waals surface area contributed by atoms with E-state index in [0.29, 0.717) is 29.1 Å². The van der Waals surface area contributed by atoms with E-state index in [1.807, 2.05) is 18.2 Å². The molecule has 1 aliphatic rings. The minimum absolute atomic E-state index is 0.0732. The summed E-state index contributed by atoms with van der Waals surface area (Å²) >= 11 is 0. The molecule has 0 fully saturated rings. The number of hydrogen-bond donors (Lipinski definition) is 0. The van der Waals surface area contributed by atoms with Crippen molar-refractivity contribution in [2.75, 3.05) is 6.54 Å². The first-order valence-electron chi connectivity index (χ1n) is 9.92. The molecule has 168 valence electrons. The third kappa shape index (κ3) is 4.09. The molecule has 0 saturated carbocycles. The summed E-state index contributed by atoms with van der Waals surface area (Å²) in [7, 11) is 0. The van der Waals surface area contributed by atoms with Crippen LogP contribution in [0.5, 0.6) is 5.75 Å². The van der Waals surface area contributed by atoms with Crippen LogP contribution in [0.1, 0.15) is 21.6 Å². The maximum absolute atomic E-state index is 14.2. The number of carbonyl (C=O) groups excluding carboxylic acids is 1. The summed E-state index contributed by atoms with van der Waals surface area (Å²) in [6, 6.07) is 11.6. The molecule has 5 rings (SSSR count). The van der Waals surface area contributed by atoms with E-state index in [1.54, 1.807) is 22.8 Å². The van der Waals surface area contributed by atoms with Gasteiger partial charge in [0, 0.05) is 25.1 Å². The molecule has 3 aromatic heterocycles. The Hall–Kier alpha value is -4.02. The Balaban J connectivity index is 1.40. The van der Waals surface area contributed by atoms with Crippen LogP contribution in [0.4, 0.5) is 17.6 Å². The lowest BCUT2D eigenvalue weighted by atomic mass is 10.0. The summed E-state index contributed by atoms with van der Waals surface area (Å²) in [5, 5.41) is 7.95. The fourth-order valence-corrected chi connectivity index (χ4v) is 3.81. The molecular formula is C22H15F4N5O2. The summed E-state index contributed by atoms with van der Waals surface area (Å²) in [5.74, 6) is -1.65. The van der Waals surface area contributed by atoms with Gasteiger partial charge in [0.15, 0.2) is 0 Å². The number of aromatic nitrogens is 4. The average Bonchev–Trinajstić information content (AvgIpc) is 3.26. The van der Waals surface area contributed by atoms with E-state index in [0.717, 1.165) is 23.7 Å². The lowest BCUT2D eigenvalue weighted by Gasteiger charge is -2.28. The van der Waals surface area contributed by atoms with Gasteiger partial charge in [-0.2, -0.15) is 0 Å². The number of alkyl halides is 3. The van der Waals surface area contributed by atoms with Crippen LogP contribution in [0.15, 0.2) is 54.7 Å². The van der Waals surface area contributed by atoms with Gasteiger partial charge in [0.2, 0.25) is 0 Å². The van der Waals surface area contributed by atoms with Gasteiger partial charge in [-0.1, -0.05) is 11.3 Å². The van der Waals surface area contributed by atoms with Gasteiger partial charge >= 0.3 is 6.36 Å². The van der Waals surface area contributed by atoms with Crippen molar-refractivity contribution in [2.24, 2.45) is 0 Å². The van der Waals surface area contributed by atoms with Crippen LogP contribution >= 0.6 is 0 Å². The van der Waals surface area contributed by atoms with E-state index < -0.39 is 17.9 Å². The molecule has 4 heterocycles. The molecule has 0 bridgehead atoms. The maximum Gasteiger partial charge on any atom is 0.573 e. The fraction of sp³-hybridized carbons (Fsp3) is 0.182. The molecular weight excluding hydrogens is 442 g/mol. The van der Waals surface area contributed by atoms with E-state index in [4.69, 9.17) is 0 Å². The molecule has 0 spiro atoms. The Bertz CT molecular complexity index is 1370. The fourth-order valence-electron chi connectivity index (χ4n) is 3.81. The number of benzene rings is 1. The van der Waals surface area contributed by atoms with Gasteiger partial charge in [0.05, 0.1) is 34.4 Å². The minimum Gasteiger partial charge on any atom is -0.406 e. The van der Waals surface area contributed by atoms with Crippen molar-refractivity contribution in [1.29, 1.82) is 0 Å². The average molecular weight is 457 g/mol. The molecule has 0 atom stereocenters. The van der Waals surface area contributed by atoms with E-state index >= 15 is 0 Å². The maximum atomic E-state index is 14.2. The monoisotopic (exact) mass is 457 g/mol. The normalized spacial score (nSPS) is 13.9. The van der Waals surface area contributed by atoms with Gasteiger partial charge in [-0.3, -0.25) is 9.78 Å². The Morgan fingerprint density at radius 3 is 2.76 bits per heavy atom. The second-order valence-corrected chi connectivity index (χ2v) is 7.45. The van der Waals surface area contributed by atoms with Gasteiger partial charge in [-0.15, -0.1) is 18.3 Å². The van der Waals surface area contributed by atoms with E-state index in [-0.39, 0.29) is 24.6 Å². The number of pyridine rings is 2. The van der Waals surface area contributed by atoms with E-state index in [2.05, 4.69) is 20.0 Å². The Labute approximate surface area is 184 Å². The van der Waals surface area contributed by atoms with Crippen molar-refractivity contribution in [3.63, 3.8) is 0 Å². The first kappa shape index (κ1) is 20.9. The zero-order chi connectivity index (χ0) is 23.2. The van der Waals surface area contributed by atoms with Crippen molar-refractivity contribution in [3.8, 4) is 17.1 Å². The summed E-state index contributed by atoms with van der Waals surface area (Å²) in [4.78, 5) is 19.0. The third-order valence-electron chi connectivity index (χ3n) is 5.31. The van der Waals surface area contributed by atoms with Crippen LogP contribution in [0.2, 0.25) is 0 Å². The van der Waals surface area contributed by atoms with Gasteiger partial charge in [-0.05, 0) is 42.5 Å². The quantitative estimate of drug-likeness (QED) is 0.433. The van der Waals surface area contributed by atoms with E-state index in [9.17, 15) is 22.4 Å². The lowest BCUT2D eigenvalue weighted by molar-refractivity contribution is -0.274. The van der Waals surface area contributed by atoms with Crippen LogP contribution in [0.3, 0.4) is 0 Å². The molecule has 0 radical (unpaired) electrons. The van der Waals surface area contributed by atoms with Crippen LogP contribution < -0.4 is 4.74 Å². The van der Waals surface area contributed by atoms with Crippen LogP contribution in [0.25, 0.3) is 16.9 Å². The number of hydrogen-bond acceptors (Lipinski definition) is 5. The van der Waals surface area contributed by atoms with Crippen molar-refractivity contribution in [1.82, 2.24) is 24.7 Å². The SMILES string of the molecule is O=C1c2ccc(-c3cccc4cnnn34)nc2CCN1Cc1cc(OC(F)(F)F)ccc1F. The Morgan fingerprint density at radius 1 is 1.09 bits per heavy atom. The number of halogens is 4. The highest BCUT2D eigenvalue weighted by atomic mass is 19.4. The van der Waals surface area contributed by atoms with Crippen molar-refractivity contribution < 1.29 is 27.1 Å². The molecule has 0 aliphatic carbocycles. The van der Waals surface area contributed by atoms with Gasteiger partial charge < -0.3 is 9.64 Å². The zero-order valence-electron chi connectivity index (χ0n) is 16.9. The molecule has 1 amide bonds. The molecule has 4 aromatic rings. The summed E-state index contributed by atoms with van der Waals surface area (Å²) < 4.78 is 57.2. The summed E-state index contributed by atoms with van der Waals surface area (Å²) in [6.07, 6.45) is -2.87. The molecule has 0 saturated heterocycles. The predicted octanol–water partition coefficient (Wildman–Crippen LogP) is 4.03. The van der Waals surface area contributed by atoms with Crippen molar-refractivity contribution in [2.45, 2.75) is 19.3 Å². The number of ether oxygens (including phenoxy) is 1. The Morgan fingerprint density at radius 2 is 1.94 bits per heavy atom. The van der Waals surface area contributed by atoms with Gasteiger partial charge in [0.25, 0.3) is 5.91 Å². The number of nitrogens with zero attached hydrogens (tertiary/aromatic N) is 5. The smallest absolute Gasteiger partial charge is 0.406 e. The highest BCUT2D eigenvalue weighted by molar-refractivity contribution is 5.96. The molecule has 0 unspecified atom stereocenters. The number of amides is 1. The first-order chi connectivity index (χ1) is 15.8. The molecule has 11 heteroatoms. The van der Waals surface area contributed by atoms with E-state index in [1.165, 1.54) is 4.90 Å². The second-order valence-electron chi connectivity index (χ2n) is 7.45. The van der Waals surface area contributed by atoms with Crippen LogP contribution in [0, 0.1) is 5.82 Å². The summed E-state index contributed by atoms with van der Waals surface area (Å²) in [5.41, 5.74) is 3.00. The zero-order valence-corrected chi connectivity index (χ0v) is 16.9. The summed E-state index contributed by atoms with van der Waals surface area (Å²) in [6.45, 7) is 0.0405. The molecule has 7 nitrogen and oxygen atoms in total. The largest absolute Gasteiger partial charge is 0.573 e. The highest BCUT2D eigenvalue weighted by Crippen LogP contribution is 2.28. The lowest BCUT2D eigenvalue weighted by Crippen LogP contribution is -2.37. The number of rotatable bonds is 4. The minimum atomic E-state index is -4.89.